The third-order valence-electron chi connectivity index (χ3n) is 7.00. The highest BCUT2D eigenvalue weighted by molar-refractivity contribution is 7.89. The first-order chi connectivity index (χ1) is 18.5. The average Bonchev–Trinajstić information content (AvgIpc) is 3.41. The minimum Gasteiger partial charge on any atom is -0.497 e. The van der Waals surface area contributed by atoms with E-state index < -0.39 is 10.0 Å². The van der Waals surface area contributed by atoms with Crippen LogP contribution in [0.3, 0.4) is 0 Å². The number of ketones is 1. The molecule has 1 aliphatic rings. The monoisotopic (exact) mass is 559 g/mol. The number of ether oxygens (including phenoxy) is 2. The SMILES string of the molecule is COc1cc(C)c(S(=O)(=O)N(C)CC(=O)CCC(=O)N(C)Cc2ccc(OCCN3CCCC3)cc2)c(C)c1. The number of sulfonamides is 1. The van der Waals surface area contributed by atoms with Crippen molar-refractivity contribution in [2.24, 2.45) is 0 Å². The molecule has 2 aromatic rings. The van der Waals surface area contributed by atoms with Crippen molar-refractivity contribution in [1.82, 2.24) is 14.1 Å². The Hall–Kier alpha value is -2.95. The summed E-state index contributed by atoms with van der Waals surface area (Å²) >= 11 is 0. The van der Waals surface area contributed by atoms with Crippen molar-refractivity contribution < 1.29 is 27.5 Å². The van der Waals surface area contributed by atoms with Crippen molar-refractivity contribution in [3.05, 3.63) is 53.1 Å². The van der Waals surface area contributed by atoms with Crippen LogP contribution >= 0.6 is 0 Å². The molecule has 39 heavy (non-hydrogen) atoms. The molecule has 10 heteroatoms. The topological polar surface area (TPSA) is 96.5 Å². The number of aryl methyl sites for hydroxylation is 2. The van der Waals surface area contributed by atoms with E-state index in [2.05, 4.69) is 4.90 Å². The number of amides is 1. The summed E-state index contributed by atoms with van der Waals surface area (Å²) in [5, 5.41) is 0. The molecule has 0 saturated carbocycles. The molecule has 0 unspecified atom stereocenters. The number of likely N-dealkylation sites (N-methyl/N-ethyl adjacent to an activating group) is 1. The summed E-state index contributed by atoms with van der Waals surface area (Å²) in [6, 6.07) is 11.0. The first-order valence-corrected chi connectivity index (χ1v) is 14.8. The summed E-state index contributed by atoms with van der Waals surface area (Å²) in [6.07, 6.45) is 2.51. The lowest BCUT2D eigenvalue weighted by atomic mass is 10.1. The molecule has 0 aliphatic carbocycles. The largest absolute Gasteiger partial charge is 0.497 e. The van der Waals surface area contributed by atoms with E-state index in [1.165, 1.54) is 27.0 Å². The molecule has 1 amide bonds. The number of methoxy groups -OCH3 is 1. The van der Waals surface area contributed by atoms with Gasteiger partial charge in [-0.3, -0.25) is 14.5 Å². The second-order valence-electron chi connectivity index (χ2n) is 10.2. The molecule has 1 aliphatic heterocycles. The first-order valence-electron chi connectivity index (χ1n) is 13.3. The molecular weight excluding hydrogens is 518 g/mol. The van der Waals surface area contributed by atoms with E-state index in [0.29, 0.717) is 30.0 Å². The number of Topliss-reactive ketones (excluding diaryl/α,β-unsaturated/α-hetero) is 1. The Morgan fingerprint density at radius 2 is 1.56 bits per heavy atom. The van der Waals surface area contributed by atoms with Crippen LogP contribution in [-0.2, 0) is 26.2 Å². The second kappa shape index (κ2) is 13.9. The molecular formula is C29H41N3O6S. The van der Waals surface area contributed by atoms with Gasteiger partial charge < -0.3 is 14.4 Å². The van der Waals surface area contributed by atoms with Crippen LogP contribution < -0.4 is 9.47 Å². The molecule has 0 aromatic heterocycles. The van der Waals surface area contributed by atoms with Crippen LogP contribution in [0.15, 0.2) is 41.3 Å². The van der Waals surface area contributed by atoms with Gasteiger partial charge in [0.25, 0.3) is 0 Å². The summed E-state index contributed by atoms with van der Waals surface area (Å²) in [5.41, 5.74) is 2.05. The standard InChI is InChI=1S/C29H41N3O6S/c1-22-18-27(37-5)19-23(2)29(22)39(35,36)31(4)21-25(33)10-13-28(34)30(3)20-24-8-11-26(12-9-24)38-17-16-32-14-6-7-15-32/h8-9,11-12,18-19H,6-7,10,13-17,20-21H2,1-5H3. The van der Waals surface area contributed by atoms with Crippen LogP contribution in [0.1, 0.15) is 42.4 Å². The molecule has 0 N–H and O–H groups in total. The number of hydrogen-bond acceptors (Lipinski definition) is 7. The molecule has 3 rings (SSSR count). The van der Waals surface area contributed by atoms with Crippen LogP contribution in [0, 0.1) is 13.8 Å². The van der Waals surface area contributed by atoms with E-state index in [1.807, 2.05) is 24.3 Å². The number of carbonyl (C=O) groups is 2. The normalized spacial score (nSPS) is 14.0. The van der Waals surface area contributed by atoms with Gasteiger partial charge in [-0.05, 0) is 80.7 Å². The van der Waals surface area contributed by atoms with Crippen molar-refractivity contribution in [3.63, 3.8) is 0 Å². The van der Waals surface area contributed by atoms with E-state index in [1.54, 1.807) is 37.9 Å². The predicted octanol–water partition coefficient (Wildman–Crippen LogP) is 3.42. The molecule has 214 valence electrons. The zero-order valence-electron chi connectivity index (χ0n) is 23.7. The second-order valence-corrected chi connectivity index (χ2v) is 12.2. The smallest absolute Gasteiger partial charge is 0.243 e. The highest BCUT2D eigenvalue weighted by atomic mass is 32.2. The quantitative estimate of drug-likeness (QED) is 0.350. The fraction of sp³-hybridized carbons (Fsp3) is 0.517. The molecule has 0 bridgehead atoms. The van der Waals surface area contributed by atoms with Gasteiger partial charge in [0.1, 0.15) is 23.9 Å². The lowest BCUT2D eigenvalue weighted by Gasteiger charge is -2.21. The number of hydrogen-bond donors (Lipinski definition) is 0. The average molecular weight is 560 g/mol. The van der Waals surface area contributed by atoms with Crippen molar-refractivity contribution in [1.29, 1.82) is 0 Å². The number of carbonyl (C=O) groups excluding carboxylic acids is 2. The Labute approximate surface area is 232 Å². The molecule has 1 saturated heterocycles. The maximum atomic E-state index is 13.1. The molecule has 1 fully saturated rings. The Morgan fingerprint density at radius 1 is 0.949 bits per heavy atom. The van der Waals surface area contributed by atoms with Gasteiger partial charge >= 0.3 is 0 Å². The highest BCUT2D eigenvalue weighted by Crippen LogP contribution is 2.27. The van der Waals surface area contributed by atoms with Crippen molar-refractivity contribution in [3.8, 4) is 11.5 Å². The zero-order chi connectivity index (χ0) is 28.6. The maximum Gasteiger partial charge on any atom is 0.243 e. The Kier molecular flexibility index (Phi) is 10.9. The third kappa shape index (κ3) is 8.52. The van der Waals surface area contributed by atoms with E-state index in [0.717, 1.165) is 35.3 Å². The number of rotatable bonds is 14. The van der Waals surface area contributed by atoms with Gasteiger partial charge in [-0.2, -0.15) is 4.31 Å². The van der Waals surface area contributed by atoms with Crippen molar-refractivity contribution in [2.45, 2.75) is 51.0 Å². The third-order valence-corrected chi connectivity index (χ3v) is 9.11. The fourth-order valence-electron chi connectivity index (χ4n) is 4.79. The molecule has 0 spiro atoms. The number of nitrogens with zero attached hydrogens (tertiary/aromatic N) is 3. The van der Waals surface area contributed by atoms with E-state index >= 15 is 0 Å². The summed E-state index contributed by atoms with van der Waals surface area (Å²) < 4.78 is 38.4. The van der Waals surface area contributed by atoms with Gasteiger partial charge in [0, 0.05) is 40.0 Å². The predicted molar refractivity (Wildman–Crippen MR) is 151 cm³/mol. The molecule has 9 nitrogen and oxygen atoms in total. The Morgan fingerprint density at radius 3 is 2.15 bits per heavy atom. The van der Waals surface area contributed by atoms with E-state index in [-0.39, 0.29) is 36.0 Å². The minimum absolute atomic E-state index is 0.0154. The van der Waals surface area contributed by atoms with Crippen molar-refractivity contribution in [2.75, 3.05) is 54.0 Å². The first kappa shape index (κ1) is 30.6. The maximum absolute atomic E-state index is 13.1. The van der Waals surface area contributed by atoms with Crippen LogP contribution in [-0.4, -0.2) is 88.2 Å². The van der Waals surface area contributed by atoms with Crippen LogP contribution in [0.25, 0.3) is 0 Å². The number of benzene rings is 2. The van der Waals surface area contributed by atoms with Crippen LogP contribution in [0.2, 0.25) is 0 Å². The summed E-state index contributed by atoms with van der Waals surface area (Å²) in [6.45, 7) is 7.38. The Bertz CT molecular complexity index is 1220. The van der Waals surface area contributed by atoms with Crippen molar-refractivity contribution >= 4 is 21.7 Å². The van der Waals surface area contributed by atoms with Gasteiger partial charge in [0.05, 0.1) is 18.6 Å². The summed E-state index contributed by atoms with van der Waals surface area (Å²) in [4.78, 5) is 29.4. The summed E-state index contributed by atoms with van der Waals surface area (Å²) in [5.74, 6) is 0.878. The number of likely N-dealkylation sites (tertiary alicyclic amines) is 1. The zero-order valence-corrected chi connectivity index (χ0v) is 24.6. The molecule has 1 heterocycles. The minimum atomic E-state index is -3.88. The van der Waals surface area contributed by atoms with Gasteiger partial charge in [-0.15, -0.1) is 0 Å². The fourth-order valence-corrected chi connectivity index (χ4v) is 6.35. The van der Waals surface area contributed by atoms with Crippen LogP contribution in [0.4, 0.5) is 0 Å². The van der Waals surface area contributed by atoms with Crippen LogP contribution in [0.5, 0.6) is 11.5 Å². The molecule has 0 atom stereocenters. The van der Waals surface area contributed by atoms with Gasteiger partial charge in [0.15, 0.2) is 0 Å². The lowest BCUT2D eigenvalue weighted by molar-refractivity contribution is -0.132. The van der Waals surface area contributed by atoms with E-state index in [9.17, 15) is 18.0 Å². The summed E-state index contributed by atoms with van der Waals surface area (Å²) in [7, 11) is 0.714. The van der Waals surface area contributed by atoms with Gasteiger partial charge in [0.2, 0.25) is 15.9 Å². The molecule has 2 aromatic carbocycles. The van der Waals surface area contributed by atoms with Gasteiger partial charge in [-0.1, -0.05) is 12.1 Å². The highest BCUT2D eigenvalue weighted by Gasteiger charge is 2.27. The van der Waals surface area contributed by atoms with E-state index in [4.69, 9.17) is 9.47 Å². The Balaban J connectivity index is 1.44. The van der Waals surface area contributed by atoms with Gasteiger partial charge in [-0.25, -0.2) is 8.42 Å². The lowest BCUT2D eigenvalue weighted by Crippen LogP contribution is -2.34. The molecule has 0 radical (unpaired) electrons.